The normalized spacial score (nSPS) is 14.4. The fourth-order valence-corrected chi connectivity index (χ4v) is 2.67. The zero-order chi connectivity index (χ0) is 20.8. The number of esters is 2. The highest BCUT2D eigenvalue weighted by Crippen LogP contribution is 2.30. The molecular weight excluding hydrogens is 374 g/mol. The van der Waals surface area contributed by atoms with E-state index in [2.05, 4.69) is 4.99 Å². The van der Waals surface area contributed by atoms with Crippen LogP contribution in [-0.2, 0) is 14.3 Å². The van der Waals surface area contributed by atoms with Gasteiger partial charge < -0.3 is 18.9 Å². The summed E-state index contributed by atoms with van der Waals surface area (Å²) in [5.41, 5.74) is 1.50. The molecule has 1 aliphatic rings. The van der Waals surface area contributed by atoms with Crippen molar-refractivity contribution in [3.8, 4) is 17.2 Å². The summed E-state index contributed by atoms with van der Waals surface area (Å²) in [6, 6.07) is 12.1. The lowest BCUT2D eigenvalue weighted by Gasteiger charge is -2.10. The summed E-state index contributed by atoms with van der Waals surface area (Å²) >= 11 is 0. The van der Waals surface area contributed by atoms with Crippen LogP contribution in [0.15, 0.2) is 53.2 Å². The van der Waals surface area contributed by atoms with Crippen molar-refractivity contribution in [2.75, 3.05) is 13.2 Å². The Kier molecular flexibility index (Phi) is 6.29. The first kappa shape index (κ1) is 20.1. The maximum Gasteiger partial charge on any atom is 0.363 e. The van der Waals surface area contributed by atoms with Crippen molar-refractivity contribution in [3.63, 3.8) is 0 Å². The van der Waals surface area contributed by atoms with Crippen LogP contribution in [0.25, 0.3) is 6.08 Å². The van der Waals surface area contributed by atoms with E-state index in [0.717, 1.165) is 5.75 Å². The summed E-state index contributed by atoms with van der Waals surface area (Å²) in [4.78, 5) is 27.7. The van der Waals surface area contributed by atoms with Crippen LogP contribution in [0.1, 0.15) is 31.9 Å². The molecule has 0 atom stereocenters. The van der Waals surface area contributed by atoms with E-state index in [4.69, 9.17) is 18.9 Å². The van der Waals surface area contributed by atoms with E-state index >= 15 is 0 Å². The van der Waals surface area contributed by atoms with Crippen molar-refractivity contribution in [1.82, 2.24) is 0 Å². The molecule has 0 bridgehead atoms. The Labute approximate surface area is 168 Å². The molecule has 7 nitrogen and oxygen atoms in total. The smallest absolute Gasteiger partial charge is 0.363 e. The molecule has 2 aromatic carbocycles. The molecule has 29 heavy (non-hydrogen) atoms. The molecule has 2 aromatic rings. The molecule has 0 saturated heterocycles. The van der Waals surface area contributed by atoms with E-state index in [1.807, 2.05) is 13.8 Å². The number of rotatable bonds is 7. The van der Waals surface area contributed by atoms with Gasteiger partial charge in [-0.25, -0.2) is 9.79 Å². The fourth-order valence-electron chi connectivity index (χ4n) is 2.67. The number of aliphatic imine (C=N–C) groups is 1. The van der Waals surface area contributed by atoms with Crippen LogP contribution in [-0.4, -0.2) is 31.1 Å². The van der Waals surface area contributed by atoms with Gasteiger partial charge >= 0.3 is 11.9 Å². The number of nitrogens with zero attached hydrogens (tertiary/aromatic N) is 1. The van der Waals surface area contributed by atoms with Gasteiger partial charge in [-0.2, -0.15) is 0 Å². The average molecular weight is 395 g/mol. The third kappa shape index (κ3) is 5.01. The predicted octanol–water partition coefficient (Wildman–Crippen LogP) is 3.75. The standard InChI is InChI=1S/C22H21NO6/c1-4-26-17-9-7-16(8-10-17)21-23-18(22(25)29-21)12-15-6-11-19(28-14(3)24)20(13-15)27-5-2/h6-13H,4-5H2,1-3H3/b18-12-. The Hall–Kier alpha value is -3.61. The van der Waals surface area contributed by atoms with Crippen LogP contribution in [0, 0.1) is 0 Å². The van der Waals surface area contributed by atoms with E-state index in [1.54, 1.807) is 48.5 Å². The van der Waals surface area contributed by atoms with E-state index < -0.39 is 11.9 Å². The summed E-state index contributed by atoms with van der Waals surface area (Å²) in [6.45, 7) is 6.02. The molecule has 7 heteroatoms. The number of benzene rings is 2. The maximum atomic E-state index is 12.2. The van der Waals surface area contributed by atoms with Crippen molar-refractivity contribution in [2.45, 2.75) is 20.8 Å². The third-order valence-electron chi connectivity index (χ3n) is 3.86. The molecule has 150 valence electrons. The van der Waals surface area contributed by atoms with Crippen LogP contribution >= 0.6 is 0 Å². The van der Waals surface area contributed by atoms with Crippen LogP contribution in [0.3, 0.4) is 0 Å². The van der Waals surface area contributed by atoms with Crippen LogP contribution in [0.2, 0.25) is 0 Å². The highest BCUT2D eigenvalue weighted by Gasteiger charge is 2.24. The summed E-state index contributed by atoms with van der Waals surface area (Å²) in [5, 5.41) is 0. The second-order valence-corrected chi connectivity index (χ2v) is 6.03. The molecule has 0 spiro atoms. The van der Waals surface area contributed by atoms with Gasteiger partial charge in [0.05, 0.1) is 13.2 Å². The van der Waals surface area contributed by atoms with Gasteiger partial charge in [-0.05, 0) is 61.9 Å². The lowest BCUT2D eigenvalue weighted by atomic mass is 10.1. The van der Waals surface area contributed by atoms with Gasteiger partial charge in [0.25, 0.3) is 0 Å². The lowest BCUT2D eigenvalue weighted by molar-refractivity contribution is -0.132. The van der Waals surface area contributed by atoms with Crippen molar-refractivity contribution >= 4 is 23.9 Å². The van der Waals surface area contributed by atoms with Gasteiger partial charge in [-0.15, -0.1) is 0 Å². The van der Waals surface area contributed by atoms with Gasteiger partial charge in [-0.1, -0.05) is 6.07 Å². The van der Waals surface area contributed by atoms with Crippen LogP contribution < -0.4 is 14.2 Å². The summed E-state index contributed by atoms with van der Waals surface area (Å²) in [7, 11) is 0. The minimum atomic E-state index is -0.545. The first-order valence-electron chi connectivity index (χ1n) is 9.21. The zero-order valence-corrected chi connectivity index (χ0v) is 16.4. The van der Waals surface area contributed by atoms with E-state index in [1.165, 1.54) is 6.92 Å². The number of hydrogen-bond acceptors (Lipinski definition) is 7. The molecule has 0 fully saturated rings. The largest absolute Gasteiger partial charge is 0.494 e. The minimum absolute atomic E-state index is 0.163. The molecule has 3 rings (SSSR count). The molecule has 0 unspecified atom stereocenters. The van der Waals surface area contributed by atoms with Crippen molar-refractivity contribution in [2.24, 2.45) is 4.99 Å². The summed E-state index contributed by atoms with van der Waals surface area (Å²) in [6.07, 6.45) is 1.59. The van der Waals surface area contributed by atoms with Gasteiger partial charge in [0.1, 0.15) is 5.75 Å². The SMILES string of the molecule is CCOc1ccc(C2=N/C(=C\c3ccc(OC(C)=O)c(OCC)c3)C(=O)O2)cc1. The number of ether oxygens (including phenoxy) is 4. The Balaban J connectivity index is 1.86. The number of carbonyl (C=O) groups excluding carboxylic acids is 2. The monoisotopic (exact) mass is 395 g/mol. The van der Waals surface area contributed by atoms with Gasteiger partial charge in [0.2, 0.25) is 5.90 Å². The number of cyclic esters (lactones) is 1. The van der Waals surface area contributed by atoms with E-state index in [9.17, 15) is 9.59 Å². The van der Waals surface area contributed by atoms with E-state index in [0.29, 0.717) is 35.8 Å². The van der Waals surface area contributed by atoms with Gasteiger partial charge in [-0.3, -0.25) is 4.79 Å². The topological polar surface area (TPSA) is 83.4 Å². The van der Waals surface area contributed by atoms with E-state index in [-0.39, 0.29) is 11.6 Å². The Morgan fingerprint density at radius 2 is 1.76 bits per heavy atom. The van der Waals surface area contributed by atoms with Crippen molar-refractivity contribution in [3.05, 3.63) is 59.3 Å². The molecule has 0 aromatic heterocycles. The molecule has 0 N–H and O–H groups in total. The number of carbonyl (C=O) groups is 2. The van der Waals surface area contributed by atoms with Crippen LogP contribution in [0.4, 0.5) is 0 Å². The second-order valence-electron chi connectivity index (χ2n) is 6.03. The fraction of sp³-hybridized carbons (Fsp3) is 0.227. The summed E-state index contributed by atoms with van der Waals surface area (Å²) < 4.78 is 21.3. The Morgan fingerprint density at radius 3 is 2.41 bits per heavy atom. The Morgan fingerprint density at radius 1 is 1.03 bits per heavy atom. The Bertz CT molecular complexity index is 975. The number of hydrogen-bond donors (Lipinski definition) is 0. The molecule has 0 aliphatic carbocycles. The first-order valence-corrected chi connectivity index (χ1v) is 9.21. The van der Waals surface area contributed by atoms with Gasteiger partial charge in [0, 0.05) is 12.5 Å². The molecule has 1 heterocycles. The van der Waals surface area contributed by atoms with Crippen molar-refractivity contribution < 1.29 is 28.5 Å². The molecule has 0 saturated carbocycles. The predicted molar refractivity (Wildman–Crippen MR) is 107 cm³/mol. The first-order chi connectivity index (χ1) is 14.0. The molecule has 0 radical (unpaired) electrons. The summed E-state index contributed by atoms with van der Waals surface area (Å²) in [5.74, 6) is 0.685. The quantitative estimate of drug-likeness (QED) is 0.403. The highest BCUT2D eigenvalue weighted by atomic mass is 16.6. The average Bonchev–Trinajstić information content (AvgIpc) is 3.05. The molecular formula is C22H21NO6. The zero-order valence-electron chi connectivity index (χ0n) is 16.4. The van der Waals surface area contributed by atoms with Gasteiger partial charge in [0.15, 0.2) is 17.2 Å². The highest BCUT2D eigenvalue weighted by molar-refractivity contribution is 6.12. The van der Waals surface area contributed by atoms with Crippen molar-refractivity contribution in [1.29, 1.82) is 0 Å². The molecule has 1 aliphatic heterocycles. The second kappa shape index (κ2) is 9.05. The minimum Gasteiger partial charge on any atom is -0.494 e. The maximum absolute atomic E-state index is 12.2. The third-order valence-corrected chi connectivity index (χ3v) is 3.86. The lowest BCUT2D eigenvalue weighted by Crippen LogP contribution is -2.05. The van der Waals surface area contributed by atoms with Crippen LogP contribution in [0.5, 0.6) is 17.2 Å². The molecule has 0 amide bonds.